The first kappa shape index (κ1) is 44.5. The lowest BCUT2D eigenvalue weighted by molar-refractivity contribution is 0.255. The second-order valence-corrected chi connectivity index (χ2v) is 15.5. The molecule has 0 atom stereocenters. The monoisotopic (exact) mass is 661 g/mol. The molecule has 0 N–H and O–H groups in total. The van der Waals surface area contributed by atoms with Crippen molar-refractivity contribution >= 4 is 0 Å². The van der Waals surface area contributed by atoms with Gasteiger partial charge in [-0.1, -0.05) is 138 Å². The van der Waals surface area contributed by atoms with Gasteiger partial charge in [-0.2, -0.15) is 0 Å². The van der Waals surface area contributed by atoms with E-state index in [-0.39, 0.29) is 0 Å². The molecular weight excluding hydrogens is 577 g/mol. The molecular formula is C48H84. The Morgan fingerprint density at radius 1 is 0.417 bits per heavy atom. The zero-order valence-corrected chi connectivity index (χ0v) is 33.2. The standard InChI is InChI=1S/C18H32.2C15H26/c1-3-5-7-8-10-12-18-15-13-17(14-16-18)11-9-6-4-2;2*1-3-5-7-9-15-12-10-14(11-13-15)8-6-4-2/h4,6-8,17-18H,3,5,9-16H2,1-2H3;3,5-6,8,14-15H,4,7,9-13H2,1-2H3;3-5,14-15H,2,6-13H2,1H3/b6-4+,8-7+;5-3+,8-6+;5-3+. The van der Waals surface area contributed by atoms with Crippen LogP contribution >= 0.6 is 0 Å². The van der Waals surface area contributed by atoms with Gasteiger partial charge in [0.05, 0.1) is 0 Å². The first-order valence-electron chi connectivity index (χ1n) is 21.4. The van der Waals surface area contributed by atoms with Crippen LogP contribution in [0.5, 0.6) is 0 Å². The Labute approximate surface area is 303 Å². The molecule has 3 aliphatic carbocycles. The highest BCUT2D eigenvalue weighted by atomic mass is 14.3. The summed E-state index contributed by atoms with van der Waals surface area (Å²) in [5, 5.41) is 0. The lowest BCUT2D eigenvalue weighted by Gasteiger charge is -2.28. The summed E-state index contributed by atoms with van der Waals surface area (Å²) in [7, 11) is 0. The molecule has 3 saturated carbocycles. The van der Waals surface area contributed by atoms with Gasteiger partial charge < -0.3 is 0 Å². The Balaban J connectivity index is 0.000000362. The van der Waals surface area contributed by atoms with E-state index >= 15 is 0 Å². The van der Waals surface area contributed by atoms with Crippen molar-refractivity contribution in [2.45, 2.75) is 195 Å². The average molecular weight is 661 g/mol. The summed E-state index contributed by atoms with van der Waals surface area (Å²) in [4.78, 5) is 0. The van der Waals surface area contributed by atoms with E-state index in [4.69, 9.17) is 0 Å². The predicted molar refractivity (Wildman–Crippen MR) is 221 cm³/mol. The molecule has 0 radical (unpaired) electrons. The molecule has 3 fully saturated rings. The van der Waals surface area contributed by atoms with E-state index in [2.05, 4.69) is 108 Å². The molecule has 0 saturated heterocycles. The van der Waals surface area contributed by atoms with Crippen LogP contribution in [-0.4, -0.2) is 0 Å². The smallest absolute Gasteiger partial charge is 0.0233 e. The van der Waals surface area contributed by atoms with Crippen molar-refractivity contribution in [2.75, 3.05) is 0 Å². The maximum absolute atomic E-state index is 3.80. The molecule has 0 bridgehead atoms. The first-order valence-corrected chi connectivity index (χ1v) is 21.4. The fourth-order valence-corrected chi connectivity index (χ4v) is 8.20. The number of rotatable bonds is 19. The van der Waals surface area contributed by atoms with Crippen LogP contribution in [0, 0.1) is 35.5 Å². The summed E-state index contributed by atoms with van der Waals surface area (Å²) in [6.07, 6.45) is 59.9. The van der Waals surface area contributed by atoms with Crippen molar-refractivity contribution in [3.8, 4) is 0 Å². The van der Waals surface area contributed by atoms with Crippen molar-refractivity contribution < 1.29 is 0 Å². The highest BCUT2D eigenvalue weighted by Crippen LogP contribution is 2.35. The lowest BCUT2D eigenvalue weighted by Crippen LogP contribution is -2.14. The van der Waals surface area contributed by atoms with Crippen LogP contribution in [0.3, 0.4) is 0 Å². The molecule has 0 aliphatic heterocycles. The van der Waals surface area contributed by atoms with Gasteiger partial charge in [-0.15, -0.1) is 6.58 Å². The molecule has 0 heteroatoms. The zero-order chi connectivity index (χ0) is 34.9. The number of allylic oxidation sites excluding steroid dienone is 11. The minimum Gasteiger partial charge on any atom is -0.103 e. The summed E-state index contributed by atoms with van der Waals surface area (Å²) in [5.41, 5.74) is 0. The summed E-state index contributed by atoms with van der Waals surface area (Å²) in [6.45, 7) is 14.6. The number of hydrogen-bond acceptors (Lipinski definition) is 0. The normalized spacial score (nSPS) is 26.6. The quantitative estimate of drug-likeness (QED) is 0.121. The van der Waals surface area contributed by atoms with Gasteiger partial charge in [0.1, 0.15) is 0 Å². The maximum atomic E-state index is 3.80. The molecule has 0 nitrogen and oxygen atoms in total. The van der Waals surface area contributed by atoms with Gasteiger partial charge in [-0.05, 0) is 159 Å². The second-order valence-electron chi connectivity index (χ2n) is 15.5. The van der Waals surface area contributed by atoms with Crippen LogP contribution in [0.2, 0.25) is 0 Å². The maximum Gasteiger partial charge on any atom is -0.0233 e. The van der Waals surface area contributed by atoms with E-state index in [1.165, 1.54) is 161 Å². The lowest BCUT2D eigenvalue weighted by atomic mass is 9.78. The molecule has 276 valence electrons. The third kappa shape index (κ3) is 24.6. The Hall–Kier alpha value is -1.56. The van der Waals surface area contributed by atoms with Crippen molar-refractivity contribution in [1.29, 1.82) is 0 Å². The fourth-order valence-electron chi connectivity index (χ4n) is 8.20. The van der Waals surface area contributed by atoms with E-state index < -0.39 is 0 Å². The van der Waals surface area contributed by atoms with E-state index in [1.807, 2.05) is 0 Å². The van der Waals surface area contributed by atoms with Gasteiger partial charge in [0.15, 0.2) is 0 Å². The van der Waals surface area contributed by atoms with Gasteiger partial charge in [0.25, 0.3) is 0 Å². The van der Waals surface area contributed by atoms with Crippen LogP contribution in [0.15, 0.2) is 73.4 Å². The fraction of sp³-hybridized carbons (Fsp3) is 0.750. The molecule has 3 rings (SSSR count). The molecule has 0 aromatic rings. The number of unbranched alkanes of at least 4 members (excludes halogenated alkanes) is 1. The van der Waals surface area contributed by atoms with Gasteiger partial charge in [-0.25, -0.2) is 0 Å². The number of hydrogen-bond donors (Lipinski definition) is 0. The Kier molecular flexibility index (Phi) is 30.2. The third-order valence-corrected chi connectivity index (χ3v) is 11.5. The molecule has 0 aromatic heterocycles. The first-order chi connectivity index (χ1) is 23.6. The topological polar surface area (TPSA) is 0 Å². The highest BCUT2D eigenvalue weighted by molar-refractivity contribution is 4.91. The molecule has 0 unspecified atom stereocenters. The van der Waals surface area contributed by atoms with Crippen molar-refractivity contribution in [2.24, 2.45) is 35.5 Å². The minimum atomic E-state index is 0.892. The van der Waals surface area contributed by atoms with Crippen molar-refractivity contribution in [3.63, 3.8) is 0 Å². The summed E-state index contributed by atoms with van der Waals surface area (Å²) in [5.74, 6) is 5.96. The predicted octanol–water partition coefficient (Wildman–Crippen LogP) is 16.5. The van der Waals surface area contributed by atoms with Crippen LogP contribution in [0.1, 0.15) is 195 Å². The van der Waals surface area contributed by atoms with E-state index in [1.54, 1.807) is 0 Å². The molecule has 3 aliphatic rings. The van der Waals surface area contributed by atoms with Gasteiger partial charge >= 0.3 is 0 Å². The molecule has 0 heterocycles. The molecule has 0 spiro atoms. The summed E-state index contributed by atoms with van der Waals surface area (Å²) >= 11 is 0. The van der Waals surface area contributed by atoms with Crippen molar-refractivity contribution in [1.82, 2.24) is 0 Å². The van der Waals surface area contributed by atoms with E-state index in [0.29, 0.717) is 0 Å². The molecule has 0 aromatic carbocycles. The largest absolute Gasteiger partial charge is 0.103 e. The Morgan fingerprint density at radius 2 is 0.750 bits per heavy atom. The summed E-state index contributed by atoms with van der Waals surface area (Å²) < 4.78 is 0. The van der Waals surface area contributed by atoms with Gasteiger partial charge in [0.2, 0.25) is 0 Å². The van der Waals surface area contributed by atoms with Crippen LogP contribution in [0.25, 0.3) is 0 Å². The van der Waals surface area contributed by atoms with Crippen LogP contribution < -0.4 is 0 Å². The second kappa shape index (κ2) is 32.6. The molecule has 0 amide bonds. The van der Waals surface area contributed by atoms with Gasteiger partial charge in [0, 0.05) is 0 Å². The van der Waals surface area contributed by atoms with E-state index in [0.717, 1.165) is 35.5 Å². The minimum absolute atomic E-state index is 0.892. The van der Waals surface area contributed by atoms with Crippen LogP contribution in [-0.2, 0) is 0 Å². The highest BCUT2D eigenvalue weighted by Gasteiger charge is 2.21. The van der Waals surface area contributed by atoms with Crippen LogP contribution in [0.4, 0.5) is 0 Å². The van der Waals surface area contributed by atoms with Crippen molar-refractivity contribution in [3.05, 3.63) is 73.4 Å². The zero-order valence-electron chi connectivity index (χ0n) is 33.2. The Morgan fingerprint density at radius 3 is 1.08 bits per heavy atom. The average Bonchev–Trinajstić information content (AvgIpc) is 3.12. The summed E-state index contributed by atoms with van der Waals surface area (Å²) in [6, 6.07) is 0. The third-order valence-electron chi connectivity index (χ3n) is 11.5. The molecule has 48 heavy (non-hydrogen) atoms. The Bertz CT molecular complexity index is 827. The SMILES string of the molecule is C/C=C/CCC1CCC(/C=C/CC)CC1.C/C=C/CCC1CCC(CC/C=C/CCC)CC1.C=CCCC1CCC(CC/C=C/C)CC1. The van der Waals surface area contributed by atoms with Gasteiger partial charge in [-0.3, -0.25) is 0 Å². The van der Waals surface area contributed by atoms with E-state index in [9.17, 15) is 0 Å².